The highest BCUT2D eigenvalue weighted by Gasteiger charge is 2.14. The number of nitrogens with two attached hydrogens (primary N) is 1. The second-order valence-electron chi connectivity index (χ2n) is 3.14. The quantitative estimate of drug-likeness (QED) is 0.703. The lowest BCUT2D eigenvalue weighted by Crippen LogP contribution is -2.12. The van der Waals surface area contributed by atoms with E-state index in [1.165, 1.54) is 0 Å². The number of fused-ring (bicyclic) bond motifs is 1. The predicted octanol–water partition coefficient (Wildman–Crippen LogP) is 0.0298. The number of rotatable bonds is 2. The van der Waals surface area contributed by atoms with E-state index in [9.17, 15) is 5.11 Å². The highest BCUT2D eigenvalue weighted by atomic mass is 16.3. The van der Waals surface area contributed by atoms with Crippen molar-refractivity contribution in [2.75, 3.05) is 6.54 Å². The largest absolute Gasteiger partial charge is 0.385 e. The third-order valence-electron chi connectivity index (χ3n) is 2.24. The number of aromatic nitrogens is 3. The molecule has 2 rings (SSSR count). The van der Waals surface area contributed by atoms with Crippen molar-refractivity contribution in [1.82, 2.24) is 14.4 Å². The van der Waals surface area contributed by atoms with Gasteiger partial charge in [0.25, 0.3) is 0 Å². The van der Waals surface area contributed by atoms with Gasteiger partial charge in [0.15, 0.2) is 0 Å². The molecule has 74 valence electrons. The van der Waals surface area contributed by atoms with Crippen LogP contribution in [0.25, 0.3) is 5.65 Å². The van der Waals surface area contributed by atoms with Gasteiger partial charge in [-0.25, -0.2) is 9.97 Å². The lowest BCUT2D eigenvalue weighted by molar-refractivity contribution is 0.181. The number of aliphatic hydroxyl groups excluding tert-OH is 1. The molecule has 2 heterocycles. The minimum Gasteiger partial charge on any atom is -0.385 e. The summed E-state index contributed by atoms with van der Waals surface area (Å²) in [6.45, 7) is 2.06. The average Bonchev–Trinajstić information content (AvgIpc) is 2.56. The molecule has 0 spiro atoms. The van der Waals surface area contributed by atoms with Crippen molar-refractivity contribution in [2.24, 2.45) is 5.73 Å². The first-order valence-corrected chi connectivity index (χ1v) is 4.40. The molecule has 14 heavy (non-hydrogen) atoms. The summed E-state index contributed by atoms with van der Waals surface area (Å²) in [4.78, 5) is 8.26. The summed E-state index contributed by atoms with van der Waals surface area (Å²) in [5.74, 6) is 0. The number of nitrogens with zero attached hydrogens (tertiary/aromatic N) is 3. The van der Waals surface area contributed by atoms with E-state index in [0.717, 1.165) is 11.3 Å². The summed E-state index contributed by atoms with van der Waals surface area (Å²) in [5.41, 5.74) is 7.66. The summed E-state index contributed by atoms with van der Waals surface area (Å²) in [7, 11) is 0. The fourth-order valence-corrected chi connectivity index (χ4v) is 1.46. The van der Waals surface area contributed by atoms with Gasteiger partial charge in [0.2, 0.25) is 0 Å². The maximum atomic E-state index is 9.59. The molecule has 0 radical (unpaired) electrons. The molecule has 3 N–H and O–H groups in total. The van der Waals surface area contributed by atoms with Crippen LogP contribution in [0.2, 0.25) is 0 Å². The Hall–Kier alpha value is -1.46. The molecule has 5 heteroatoms. The molecule has 0 bridgehead atoms. The van der Waals surface area contributed by atoms with E-state index in [4.69, 9.17) is 5.73 Å². The number of imidazole rings is 1. The van der Waals surface area contributed by atoms with Crippen LogP contribution in [-0.4, -0.2) is 26.0 Å². The van der Waals surface area contributed by atoms with Gasteiger partial charge in [-0.05, 0) is 13.0 Å². The molecular formula is C9H12N4O. The number of aryl methyl sites for hydroxylation is 1. The molecule has 1 unspecified atom stereocenters. The Balaban J connectivity index is 2.62. The van der Waals surface area contributed by atoms with Crippen LogP contribution in [0.4, 0.5) is 0 Å². The van der Waals surface area contributed by atoms with Crippen molar-refractivity contribution >= 4 is 5.65 Å². The molecule has 0 saturated carbocycles. The zero-order valence-electron chi connectivity index (χ0n) is 7.88. The first-order valence-electron chi connectivity index (χ1n) is 4.40. The van der Waals surface area contributed by atoms with Crippen LogP contribution in [0, 0.1) is 6.92 Å². The van der Waals surface area contributed by atoms with Crippen molar-refractivity contribution in [2.45, 2.75) is 13.0 Å². The third-order valence-corrected chi connectivity index (χ3v) is 2.24. The van der Waals surface area contributed by atoms with Crippen LogP contribution in [-0.2, 0) is 0 Å². The fourth-order valence-electron chi connectivity index (χ4n) is 1.46. The Labute approximate surface area is 81.2 Å². The lowest BCUT2D eigenvalue weighted by Gasteiger charge is -2.04. The van der Waals surface area contributed by atoms with Crippen LogP contribution in [0.3, 0.4) is 0 Å². The van der Waals surface area contributed by atoms with Crippen LogP contribution in [0.5, 0.6) is 0 Å². The maximum Gasteiger partial charge on any atom is 0.140 e. The van der Waals surface area contributed by atoms with Gasteiger partial charge in [0, 0.05) is 18.4 Å². The predicted molar refractivity (Wildman–Crippen MR) is 51.7 cm³/mol. The van der Waals surface area contributed by atoms with E-state index >= 15 is 0 Å². The van der Waals surface area contributed by atoms with Crippen molar-refractivity contribution < 1.29 is 5.11 Å². The van der Waals surface area contributed by atoms with E-state index < -0.39 is 6.10 Å². The zero-order valence-corrected chi connectivity index (χ0v) is 7.88. The van der Waals surface area contributed by atoms with Crippen molar-refractivity contribution in [1.29, 1.82) is 0 Å². The SMILES string of the molecule is Cc1c(C(O)CN)nc2ccncn12. The van der Waals surface area contributed by atoms with E-state index in [0.29, 0.717) is 5.69 Å². The van der Waals surface area contributed by atoms with E-state index in [-0.39, 0.29) is 6.54 Å². The van der Waals surface area contributed by atoms with Crippen LogP contribution < -0.4 is 5.73 Å². The summed E-state index contributed by atoms with van der Waals surface area (Å²) >= 11 is 0. The Morgan fingerprint density at radius 1 is 1.64 bits per heavy atom. The Bertz CT molecular complexity index is 451. The first-order chi connectivity index (χ1) is 6.74. The average molecular weight is 192 g/mol. The molecule has 0 amide bonds. The molecule has 0 aliphatic rings. The topological polar surface area (TPSA) is 76.4 Å². The fraction of sp³-hybridized carbons (Fsp3) is 0.333. The van der Waals surface area contributed by atoms with Gasteiger partial charge in [-0.15, -0.1) is 0 Å². The van der Waals surface area contributed by atoms with Crippen LogP contribution in [0.15, 0.2) is 18.6 Å². The van der Waals surface area contributed by atoms with Gasteiger partial charge in [0.05, 0.1) is 5.69 Å². The van der Waals surface area contributed by atoms with E-state index in [2.05, 4.69) is 9.97 Å². The molecule has 5 nitrogen and oxygen atoms in total. The van der Waals surface area contributed by atoms with Gasteiger partial charge in [-0.2, -0.15) is 0 Å². The Morgan fingerprint density at radius 3 is 3.07 bits per heavy atom. The monoisotopic (exact) mass is 192 g/mol. The highest BCUT2D eigenvalue weighted by molar-refractivity contribution is 5.42. The van der Waals surface area contributed by atoms with Crippen molar-refractivity contribution in [3.8, 4) is 0 Å². The highest BCUT2D eigenvalue weighted by Crippen LogP contribution is 2.16. The second-order valence-corrected chi connectivity index (χ2v) is 3.14. The maximum absolute atomic E-state index is 9.59. The van der Waals surface area contributed by atoms with Crippen molar-refractivity contribution in [3.05, 3.63) is 30.0 Å². The molecule has 0 fully saturated rings. The molecule has 0 saturated heterocycles. The standard InChI is InChI=1S/C9H12N4O/c1-6-9(7(14)4-10)12-8-2-3-11-5-13(6)8/h2-3,5,7,14H,4,10H2,1H3. The molecule has 0 aliphatic carbocycles. The van der Waals surface area contributed by atoms with Crippen LogP contribution in [0.1, 0.15) is 17.5 Å². The Kier molecular flexibility index (Phi) is 2.18. The van der Waals surface area contributed by atoms with Gasteiger partial charge < -0.3 is 10.8 Å². The lowest BCUT2D eigenvalue weighted by atomic mass is 10.2. The number of hydrogen-bond donors (Lipinski definition) is 2. The molecule has 0 aromatic carbocycles. The molecule has 1 atom stereocenters. The normalized spacial score (nSPS) is 13.4. The van der Waals surface area contributed by atoms with E-state index in [1.807, 2.05) is 11.3 Å². The van der Waals surface area contributed by atoms with Crippen LogP contribution >= 0.6 is 0 Å². The van der Waals surface area contributed by atoms with Gasteiger partial charge in [0.1, 0.15) is 18.1 Å². The minimum absolute atomic E-state index is 0.179. The van der Waals surface area contributed by atoms with Gasteiger partial charge in [-0.1, -0.05) is 0 Å². The summed E-state index contributed by atoms with van der Waals surface area (Å²) in [5, 5.41) is 9.59. The second kappa shape index (κ2) is 3.36. The third kappa shape index (κ3) is 1.26. The number of hydrogen-bond acceptors (Lipinski definition) is 4. The molecular weight excluding hydrogens is 180 g/mol. The van der Waals surface area contributed by atoms with E-state index in [1.54, 1.807) is 18.6 Å². The van der Waals surface area contributed by atoms with Gasteiger partial charge >= 0.3 is 0 Å². The molecule has 2 aromatic heterocycles. The molecule has 0 aliphatic heterocycles. The number of aliphatic hydroxyl groups is 1. The summed E-state index contributed by atoms with van der Waals surface area (Å²) < 4.78 is 1.83. The summed E-state index contributed by atoms with van der Waals surface area (Å²) in [6, 6.07) is 1.79. The first kappa shape index (κ1) is 9.11. The van der Waals surface area contributed by atoms with Crippen molar-refractivity contribution in [3.63, 3.8) is 0 Å². The summed E-state index contributed by atoms with van der Waals surface area (Å²) in [6.07, 6.45) is 2.64. The van der Waals surface area contributed by atoms with Gasteiger partial charge in [-0.3, -0.25) is 4.40 Å². The zero-order chi connectivity index (χ0) is 10.1. The molecule has 2 aromatic rings. The Morgan fingerprint density at radius 2 is 2.43 bits per heavy atom. The minimum atomic E-state index is -0.699. The smallest absolute Gasteiger partial charge is 0.140 e.